The first-order valence-corrected chi connectivity index (χ1v) is 8.89. The number of hydrogen-bond donors (Lipinski definition) is 3. The third-order valence-electron chi connectivity index (χ3n) is 3.20. The normalized spacial score (nSPS) is 11.7. The van der Waals surface area contributed by atoms with Crippen LogP contribution in [0.15, 0.2) is 41.4 Å². The van der Waals surface area contributed by atoms with Gasteiger partial charge in [0.2, 0.25) is 10.0 Å². The molecule has 1 amide bonds. The third-order valence-corrected chi connectivity index (χ3v) is 4.67. The van der Waals surface area contributed by atoms with Crippen molar-refractivity contribution in [3.63, 3.8) is 0 Å². The minimum atomic E-state index is -3.66. The SMILES string of the molecule is CC(C)n1ccc(C(=O)Nc2ccc(S(=O)(=O)NCCO)cc2)n1. The Morgan fingerprint density at radius 3 is 2.46 bits per heavy atom. The van der Waals surface area contributed by atoms with Crippen molar-refractivity contribution in [3.8, 4) is 0 Å². The van der Waals surface area contributed by atoms with Gasteiger partial charge in [0, 0.05) is 24.5 Å². The van der Waals surface area contributed by atoms with Crippen LogP contribution in [-0.4, -0.2) is 42.4 Å². The Balaban J connectivity index is 2.07. The van der Waals surface area contributed by atoms with Gasteiger partial charge in [-0.2, -0.15) is 5.10 Å². The molecule has 0 unspecified atom stereocenters. The summed E-state index contributed by atoms with van der Waals surface area (Å²) in [5.74, 6) is -0.372. The molecule has 1 aromatic carbocycles. The molecule has 9 heteroatoms. The van der Waals surface area contributed by atoms with Crippen LogP contribution < -0.4 is 10.0 Å². The highest BCUT2D eigenvalue weighted by Crippen LogP contribution is 2.15. The monoisotopic (exact) mass is 352 g/mol. The highest BCUT2D eigenvalue weighted by atomic mass is 32.2. The number of aliphatic hydroxyl groups excluding tert-OH is 1. The molecule has 1 heterocycles. The molecular weight excluding hydrogens is 332 g/mol. The number of carbonyl (C=O) groups excluding carboxylic acids is 1. The fraction of sp³-hybridized carbons (Fsp3) is 0.333. The molecular formula is C15H20N4O4S. The van der Waals surface area contributed by atoms with Crippen molar-refractivity contribution in [2.24, 2.45) is 0 Å². The lowest BCUT2D eigenvalue weighted by Gasteiger charge is -2.07. The zero-order valence-corrected chi connectivity index (χ0v) is 14.2. The Hall–Kier alpha value is -2.23. The molecule has 2 rings (SSSR count). The van der Waals surface area contributed by atoms with Crippen molar-refractivity contribution in [1.29, 1.82) is 0 Å². The van der Waals surface area contributed by atoms with Crippen LogP contribution in [0.2, 0.25) is 0 Å². The number of nitrogens with one attached hydrogen (secondary N) is 2. The zero-order valence-electron chi connectivity index (χ0n) is 13.4. The molecule has 0 fully saturated rings. The molecule has 130 valence electrons. The Morgan fingerprint density at radius 2 is 1.92 bits per heavy atom. The Labute approximate surface area is 140 Å². The zero-order chi connectivity index (χ0) is 17.7. The number of hydrogen-bond acceptors (Lipinski definition) is 5. The predicted molar refractivity (Wildman–Crippen MR) is 89.3 cm³/mol. The Kier molecular flexibility index (Phi) is 5.71. The van der Waals surface area contributed by atoms with Gasteiger partial charge in [0.25, 0.3) is 5.91 Å². The fourth-order valence-electron chi connectivity index (χ4n) is 1.92. The van der Waals surface area contributed by atoms with E-state index >= 15 is 0 Å². The van der Waals surface area contributed by atoms with Gasteiger partial charge in [-0.05, 0) is 44.2 Å². The summed E-state index contributed by atoms with van der Waals surface area (Å²) in [4.78, 5) is 12.2. The average Bonchev–Trinajstić information content (AvgIpc) is 3.04. The highest BCUT2D eigenvalue weighted by molar-refractivity contribution is 7.89. The second kappa shape index (κ2) is 7.56. The second-order valence-corrected chi connectivity index (χ2v) is 7.14. The van der Waals surface area contributed by atoms with E-state index < -0.39 is 10.0 Å². The summed E-state index contributed by atoms with van der Waals surface area (Å²) in [5.41, 5.74) is 0.741. The molecule has 0 aliphatic carbocycles. The molecule has 0 saturated carbocycles. The topological polar surface area (TPSA) is 113 Å². The molecule has 0 spiro atoms. The van der Waals surface area contributed by atoms with E-state index in [9.17, 15) is 13.2 Å². The summed E-state index contributed by atoms with van der Waals surface area (Å²) in [6.07, 6.45) is 1.72. The van der Waals surface area contributed by atoms with Crippen molar-refractivity contribution < 1.29 is 18.3 Å². The van der Waals surface area contributed by atoms with Gasteiger partial charge >= 0.3 is 0 Å². The summed E-state index contributed by atoms with van der Waals surface area (Å²) in [6.45, 7) is 3.58. The molecule has 0 aliphatic rings. The minimum Gasteiger partial charge on any atom is -0.395 e. The van der Waals surface area contributed by atoms with Crippen molar-refractivity contribution in [2.45, 2.75) is 24.8 Å². The third kappa shape index (κ3) is 4.40. The second-order valence-electron chi connectivity index (χ2n) is 5.37. The fourth-order valence-corrected chi connectivity index (χ4v) is 2.94. The van der Waals surface area contributed by atoms with Gasteiger partial charge in [-0.25, -0.2) is 13.1 Å². The molecule has 0 aliphatic heterocycles. The van der Waals surface area contributed by atoms with Gasteiger partial charge in [-0.15, -0.1) is 0 Å². The van der Waals surface area contributed by atoms with E-state index in [-0.39, 0.29) is 35.7 Å². The van der Waals surface area contributed by atoms with Gasteiger partial charge in [-0.3, -0.25) is 9.48 Å². The average molecular weight is 352 g/mol. The molecule has 24 heavy (non-hydrogen) atoms. The van der Waals surface area contributed by atoms with Gasteiger partial charge < -0.3 is 10.4 Å². The Morgan fingerprint density at radius 1 is 1.25 bits per heavy atom. The van der Waals surface area contributed by atoms with E-state index in [1.54, 1.807) is 16.9 Å². The van der Waals surface area contributed by atoms with E-state index in [2.05, 4.69) is 15.1 Å². The number of amides is 1. The molecule has 3 N–H and O–H groups in total. The van der Waals surface area contributed by atoms with E-state index in [0.717, 1.165) is 0 Å². The first-order valence-electron chi connectivity index (χ1n) is 7.40. The van der Waals surface area contributed by atoms with Gasteiger partial charge in [0.15, 0.2) is 5.69 Å². The lowest BCUT2D eigenvalue weighted by molar-refractivity contribution is 0.102. The van der Waals surface area contributed by atoms with E-state index in [1.807, 2.05) is 13.8 Å². The van der Waals surface area contributed by atoms with Gasteiger partial charge in [0.05, 0.1) is 11.5 Å². The maximum atomic E-state index is 12.1. The van der Waals surface area contributed by atoms with Crippen LogP contribution in [0.1, 0.15) is 30.4 Å². The van der Waals surface area contributed by atoms with Crippen molar-refractivity contribution in [2.75, 3.05) is 18.5 Å². The molecule has 0 radical (unpaired) electrons. The largest absolute Gasteiger partial charge is 0.395 e. The maximum Gasteiger partial charge on any atom is 0.276 e. The number of anilines is 1. The number of nitrogens with zero attached hydrogens (tertiary/aromatic N) is 2. The highest BCUT2D eigenvalue weighted by Gasteiger charge is 2.14. The van der Waals surface area contributed by atoms with Crippen LogP contribution in [-0.2, 0) is 10.0 Å². The first kappa shape index (κ1) is 18.1. The predicted octanol–water partition coefficient (Wildman–Crippen LogP) is 0.987. The number of sulfonamides is 1. The lowest BCUT2D eigenvalue weighted by atomic mass is 10.3. The van der Waals surface area contributed by atoms with Gasteiger partial charge in [-0.1, -0.05) is 0 Å². The Bertz CT molecular complexity index is 797. The number of aromatic nitrogens is 2. The van der Waals surface area contributed by atoms with Crippen LogP contribution in [0, 0.1) is 0 Å². The van der Waals surface area contributed by atoms with E-state index in [0.29, 0.717) is 5.69 Å². The van der Waals surface area contributed by atoms with Crippen LogP contribution in [0.25, 0.3) is 0 Å². The summed E-state index contributed by atoms with van der Waals surface area (Å²) >= 11 is 0. The first-order chi connectivity index (χ1) is 11.3. The summed E-state index contributed by atoms with van der Waals surface area (Å²) in [7, 11) is -3.66. The molecule has 0 atom stereocenters. The summed E-state index contributed by atoms with van der Waals surface area (Å²) in [5, 5.41) is 15.5. The minimum absolute atomic E-state index is 0.0537. The molecule has 8 nitrogen and oxygen atoms in total. The summed E-state index contributed by atoms with van der Waals surface area (Å²) in [6, 6.07) is 7.51. The number of carbonyl (C=O) groups is 1. The summed E-state index contributed by atoms with van der Waals surface area (Å²) < 4.78 is 27.7. The number of benzene rings is 1. The lowest BCUT2D eigenvalue weighted by Crippen LogP contribution is -2.26. The molecule has 2 aromatic rings. The van der Waals surface area contributed by atoms with Crippen LogP contribution in [0.5, 0.6) is 0 Å². The van der Waals surface area contributed by atoms with Crippen LogP contribution >= 0.6 is 0 Å². The van der Waals surface area contributed by atoms with E-state index in [1.165, 1.54) is 24.3 Å². The van der Waals surface area contributed by atoms with Crippen LogP contribution in [0.3, 0.4) is 0 Å². The smallest absolute Gasteiger partial charge is 0.276 e. The molecule has 0 saturated heterocycles. The quantitative estimate of drug-likeness (QED) is 0.688. The van der Waals surface area contributed by atoms with E-state index in [4.69, 9.17) is 5.11 Å². The van der Waals surface area contributed by atoms with Crippen molar-refractivity contribution in [1.82, 2.24) is 14.5 Å². The molecule has 1 aromatic heterocycles. The number of rotatable bonds is 7. The molecule has 0 bridgehead atoms. The standard InChI is InChI=1S/C15H20N4O4S/c1-11(2)19-9-7-14(18-19)15(21)17-12-3-5-13(6-4-12)24(22,23)16-8-10-20/h3-7,9,11,16,20H,8,10H2,1-2H3,(H,17,21). The van der Waals surface area contributed by atoms with Crippen molar-refractivity contribution >= 4 is 21.6 Å². The van der Waals surface area contributed by atoms with Crippen LogP contribution in [0.4, 0.5) is 5.69 Å². The maximum absolute atomic E-state index is 12.1. The van der Waals surface area contributed by atoms with Crippen molar-refractivity contribution in [3.05, 3.63) is 42.2 Å². The van der Waals surface area contributed by atoms with Gasteiger partial charge in [0.1, 0.15) is 0 Å². The number of aliphatic hydroxyl groups is 1.